The second-order valence-corrected chi connectivity index (χ2v) is 11.6. The van der Waals surface area contributed by atoms with Gasteiger partial charge in [0.2, 0.25) is 0 Å². The molecular weight excluding hydrogens is 676 g/mol. The van der Waals surface area contributed by atoms with Gasteiger partial charge in [0.25, 0.3) is 11.5 Å². The van der Waals surface area contributed by atoms with Crippen molar-refractivity contribution in [2.45, 2.75) is 24.7 Å². The molecule has 3 aromatic heterocycles. The number of halogens is 5. The van der Waals surface area contributed by atoms with Crippen LogP contribution in [0.1, 0.15) is 15.9 Å². The number of ether oxygens (including phenoxy) is 1. The lowest BCUT2D eigenvalue weighted by atomic mass is 9.99. The molecule has 2 aromatic carbocycles. The topological polar surface area (TPSA) is 149 Å². The Bertz CT molecular complexity index is 2240. The lowest BCUT2D eigenvalue weighted by molar-refractivity contribution is -0.167. The van der Waals surface area contributed by atoms with E-state index in [0.29, 0.717) is 16.5 Å². The Morgan fingerprint density at radius 2 is 1.92 bits per heavy atom. The summed E-state index contributed by atoms with van der Waals surface area (Å²) in [6, 6.07) is 5.56. The van der Waals surface area contributed by atoms with Crippen LogP contribution in [0, 0.1) is 5.82 Å². The van der Waals surface area contributed by atoms with Crippen molar-refractivity contribution in [3.05, 3.63) is 104 Å². The van der Waals surface area contributed by atoms with Crippen molar-refractivity contribution < 1.29 is 37.0 Å². The maximum Gasteiger partial charge on any atom is 0.411 e. The van der Waals surface area contributed by atoms with Crippen LogP contribution in [0.4, 0.5) is 23.2 Å². The smallest absolute Gasteiger partial charge is 0.411 e. The van der Waals surface area contributed by atoms with Crippen LogP contribution in [-0.4, -0.2) is 74.1 Å². The summed E-state index contributed by atoms with van der Waals surface area (Å²) < 4.78 is 63.2. The maximum atomic E-state index is 15.3. The molecule has 2 atom stereocenters. The van der Waals surface area contributed by atoms with Gasteiger partial charge < -0.3 is 20.1 Å². The SMILES string of the molecule is Cn1c(=O)n(-c2ccc(C[C@H](NC(=O)c3c(F)cc(N4CCOC[C@@H]4C(F)(F)F)cc3Cl)C(=O)O)c3cccnc23)c(=O)c2ccncc21. The second-order valence-electron chi connectivity index (χ2n) is 11.2. The number of carboxylic acids is 1. The molecule has 0 spiro atoms. The summed E-state index contributed by atoms with van der Waals surface area (Å²) in [5, 5.41) is 12.3. The van der Waals surface area contributed by atoms with E-state index in [-0.39, 0.29) is 41.9 Å². The Morgan fingerprint density at radius 3 is 2.63 bits per heavy atom. The highest BCUT2D eigenvalue weighted by Gasteiger charge is 2.45. The van der Waals surface area contributed by atoms with E-state index in [0.717, 1.165) is 21.6 Å². The van der Waals surface area contributed by atoms with Crippen molar-refractivity contribution in [1.82, 2.24) is 24.4 Å². The molecule has 1 saturated heterocycles. The van der Waals surface area contributed by atoms with Crippen molar-refractivity contribution in [1.29, 1.82) is 0 Å². The number of nitrogens with zero attached hydrogens (tertiary/aromatic N) is 5. The Kier molecular flexibility index (Phi) is 8.85. The van der Waals surface area contributed by atoms with E-state index in [1.165, 1.54) is 48.4 Å². The summed E-state index contributed by atoms with van der Waals surface area (Å²) >= 11 is 6.21. The minimum Gasteiger partial charge on any atom is -0.480 e. The number of hydrogen-bond acceptors (Lipinski definition) is 8. The van der Waals surface area contributed by atoms with Crippen LogP contribution in [0.3, 0.4) is 0 Å². The predicted molar refractivity (Wildman–Crippen MR) is 170 cm³/mol. The molecule has 49 heavy (non-hydrogen) atoms. The number of aromatic nitrogens is 4. The molecule has 1 aliphatic rings. The van der Waals surface area contributed by atoms with Gasteiger partial charge in [-0.3, -0.25) is 24.1 Å². The zero-order valence-corrected chi connectivity index (χ0v) is 26.1. The van der Waals surface area contributed by atoms with E-state index in [1.54, 1.807) is 12.1 Å². The molecule has 1 fully saturated rings. The molecular formula is C32H25ClF4N6O6. The third-order valence-electron chi connectivity index (χ3n) is 8.27. The van der Waals surface area contributed by atoms with Crippen molar-refractivity contribution in [2.75, 3.05) is 24.7 Å². The van der Waals surface area contributed by atoms with Crippen LogP contribution < -0.4 is 21.5 Å². The van der Waals surface area contributed by atoms with Crippen molar-refractivity contribution >= 4 is 51.0 Å². The normalized spacial score (nSPS) is 15.8. The fourth-order valence-corrected chi connectivity index (χ4v) is 6.15. The van der Waals surface area contributed by atoms with Crippen LogP contribution in [0.5, 0.6) is 0 Å². The molecule has 0 saturated carbocycles. The number of carbonyl (C=O) groups excluding carboxylic acids is 1. The molecule has 1 amide bonds. The number of anilines is 1. The monoisotopic (exact) mass is 700 g/mol. The average Bonchev–Trinajstić information content (AvgIpc) is 3.07. The van der Waals surface area contributed by atoms with Crippen LogP contribution in [0.25, 0.3) is 27.5 Å². The highest BCUT2D eigenvalue weighted by atomic mass is 35.5. The number of carboxylic acid groups (broad SMARTS) is 1. The largest absolute Gasteiger partial charge is 0.480 e. The van der Waals surface area contributed by atoms with Crippen LogP contribution in [0.15, 0.2) is 70.6 Å². The Balaban J connectivity index is 1.32. The summed E-state index contributed by atoms with van der Waals surface area (Å²) in [5.41, 5.74) is -1.29. The van der Waals surface area contributed by atoms with E-state index in [4.69, 9.17) is 16.3 Å². The third kappa shape index (κ3) is 6.20. The summed E-state index contributed by atoms with van der Waals surface area (Å²) in [4.78, 5) is 61.5. The highest BCUT2D eigenvalue weighted by Crippen LogP contribution is 2.34. The number of nitrogens with one attached hydrogen (secondary N) is 1. The van der Waals surface area contributed by atoms with Crippen molar-refractivity contribution in [3.63, 3.8) is 0 Å². The molecule has 0 bridgehead atoms. The number of amides is 1. The fraction of sp³-hybridized carbons (Fsp3) is 0.250. The zero-order chi connectivity index (χ0) is 35.2. The Morgan fingerprint density at radius 1 is 1.14 bits per heavy atom. The van der Waals surface area contributed by atoms with Gasteiger partial charge in [-0.15, -0.1) is 0 Å². The number of alkyl halides is 3. The van der Waals surface area contributed by atoms with Gasteiger partial charge in [-0.05, 0) is 35.9 Å². The van der Waals surface area contributed by atoms with Gasteiger partial charge in [-0.1, -0.05) is 23.7 Å². The van der Waals surface area contributed by atoms with Gasteiger partial charge in [0.05, 0.1) is 52.1 Å². The molecule has 12 nitrogen and oxygen atoms in total. The maximum absolute atomic E-state index is 15.3. The molecule has 17 heteroatoms. The standard InChI is InChI=1S/C32H25ClF4N6O6/c1-41-24-14-38-8-6-19(24)29(45)43(31(41)48)23-5-4-16(18-3-2-7-39-27(18)23)11-22(30(46)47)40-28(44)26-20(33)12-17(13-21(26)34)42-9-10-49-15-25(42)32(35,36)37/h2-8,12-14,22,25H,9-11,15H2,1H3,(H,40,44)(H,46,47)/t22-,25+/m0/s1. The van der Waals surface area contributed by atoms with Crippen LogP contribution in [-0.2, 0) is 23.0 Å². The van der Waals surface area contributed by atoms with E-state index in [2.05, 4.69) is 15.3 Å². The minimum absolute atomic E-state index is 0.0487. The first-order valence-electron chi connectivity index (χ1n) is 14.6. The second kappa shape index (κ2) is 12.9. The quantitative estimate of drug-likeness (QED) is 0.243. The predicted octanol–water partition coefficient (Wildman–Crippen LogP) is 3.62. The van der Waals surface area contributed by atoms with Gasteiger partial charge in [0.1, 0.15) is 17.9 Å². The van der Waals surface area contributed by atoms with Crippen LogP contribution in [0.2, 0.25) is 5.02 Å². The van der Waals surface area contributed by atoms with Gasteiger partial charge in [0, 0.05) is 43.5 Å². The number of fused-ring (bicyclic) bond motifs is 2. The Hall–Kier alpha value is -5.35. The molecule has 0 aliphatic carbocycles. The van der Waals surface area contributed by atoms with E-state index in [9.17, 15) is 37.5 Å². The summed E-state index contributed by atoms with van der Waals surface area (Å²) in [6.07, 6.45) is -0.806. The van der Waals surface area contributed by atoms with Gasteiger partial charge in [0.15, 0.2) is 0 Å². The molecule has 254 valence electrons. The first-order chi connectivity index (χ1) is 23.3. The van der Waals surface area contributed by atoms with E-state index in [1.807, 2.05) is 0 Å². The number of aryl methyl sites for hydroxylation is 1. The number of morpholine rings is 1. The number of benzene rings is 2. The Labute approximate surface area is 278 Å². The third-order valence-corrected chi connectivity index (χ3v) is 8.57. The first-order valence-corrected chi connectivity index (χ1v) is 15.0. The van der Waals surface area contributed by atoms with E-state index < -0.39 is 64.4 Å². The summed E-state index contributed by atoms with van der Waals surface area (Å²) in [5.74, 6) is -3.96. The number of hydrogen-bond donors (Lipinski definition) is 2. The average molecular weight is 701 g/mol. The van der Waals surface area contributed by atoms with Crippen molar-refractivity contribution in [3.8, 4) is 5.69 Å². The highest BCUT2D eigenvalue weighted by molar-refractivity contribution is 6.34. The minimum atomic E-state index is -4.69. The van der Waals surface area contributed by atoms with Gasteiger partial charge in [-0.25, -0.2) is 18.5 Å². The lowest BCUT2D eigenvalue weighted by Crippen LogP contribution is -2.53. The number of rotatable bonds is 7. The van der Waals surface area contributed by atoms with Crippen LogP contribution >= 0.6 is 11.6 Å². The molecule has 1 aliphatic heterocycles. The summed E-state index contributed by atoms with van der Waals surface area (Å²) in [7, 11) is 1.48. The molecule has 0 unspecified atom stereocenters. The molecule has 6 rings (SSSR count). The molecule has 0 radical (unpaired) electrons. The molecule has 2 N–H and O–H groups in total. The lowest BCUT2D eigenvalue weighted by Gasteiger charge is -2.38. The molecule has 5 aromatic rings. The summed E-state index contributed by atoms with van der Waals surface area (Å²) in [6.45, 7) is -0.938. The molecule has 4 heterocycles. The van der Waals surface area contributed by atoms with Crippen molar-refractivity contribution in [2.24, 2.45) is 7.05 Å². The first kappa shape index (κ1) is 33.5. The number of carbonyl (C=O) groups is 2. The van der Waals surface area contributed by atoms with Gasteiger partial charge >= 0.3 is 17.8 Å². The fourth-order valence-electron chi connectivity index (χ4n) is 5.86. The number of aliphatic carboxylic acids is 1. The zero-order valence-electron chi connectivity index (χ0n) is 25.4. The number of pyridine rings is 2. The van der Waals surface area contributed by atoms with Gasteiger partial charge in [-0.2, -0.15) is 13.2 Å². The van der Waals surface area contributed by atoms with E-state index >= 15 is 4.39 Å².